The summed E-state index contributed by atoms with van der Waals surface area (Å²) >= 11 is 0. The summed E-state index contributed by atoms with van der Waals surface area (Å²) in [5.74, 6) is -1.24. The Morgan fingerprint density at radius 1 is 1.03 bits per heavy atom. The third-order valence-electron chi connectivity index (χ3n) is 5.82. The number of halogens is 6. The smallest absolute Gasteiger partial charge is 0.391 e. The molecule has 202 valence electrons. The van der Waals surface area contributed by atoms with Crippen molar-refractivity contribution in [2.75, 3.05) is 13.1 Å². The third-order valence-corrected chi connectivity index (χ3v) is 5.82. The molecule has 4 rings (SSSR count). The lowest BCUT2D eigenvalue weighted by atomic mass is 10.0. The number of β-amino-alcohol motifs (C(OH)–C–C–N with tert-alkyl or cyclic N) is 1. The van der Waals surface area contributed by atoms with Crippen LogP contribution >= 0.6 is 0 Å². The SMILES string of the molecule is C[C@H](NC(=O)c1cc(C(F)(F)F)cc(C(F)(F)F)c1)c1ncnn1-c1ccc(C(=O)N2CCC(O)C2)cn1. The molecule has 2 N–H and O–H groups in total. The Labute approximate surface area is 211 Å². The van der Waals surface area contributed by atoms with E-state index in [-0.39, 0.29) is 35.7 Å². The van der Waals surface area contributed by atoms with Crippen LogP contribution in [0.3, 0.4) is 0 Å². The number of nitrogens with one attached hydrogen (secondary N) is 1. The Kier molecular flexibility index (Phi) is 7.14. The first-order valence-electron chi connectivity index (χ1n) is 11.2. The third kappa shape index (κ3) is 5.77. The van der Waals surface area contributed by atoms with Gasteiger partial charge in [-0.15, -0.1) is 0 Å². The van der Waals surface area contributed by atoms with E-state index in [1.165, 1.54) is 34.8 Å². The maximum absolute atomic E-state index is 13.1. The summed E-state index contributed by atoms with van der Waals surface area (Å²) in [6, 6.07) is 2.52. The van der Waals surface area contributed by atoms with Crippen LogP contribution in [0.5, 0.6) is 0 Å². The molecular formula is C23H20F6N6O3. The second-order valence-electron chi connectivity index (χ2n) is 8.62. The number of carbonyl (C=O) groups is 2. The van der Waals surface area contributed by atoms with Crippen molar-refractivity contribution in [3.05, 3.63) is 70.9 Å². The fourth-order valence-corrected chi connectivity index (χ4v) is 3.90. The van der Waals surface area contributed by atoms with Crippen LogP contribution in [0.4, 0.5) is 26.3 Å². The molecular weight excluding hydrogens is 522 g/mol. The van der Waals surface area contributed by atoms with E-state index in [9.17, 15) is 41.0 Å². The van der Waals surface area contributed by atoms with Crippen molar-refractivity contribution < 1.29 is 41.0 Å². The summed E-state index contributed by atoms with van der Waals surface area (Å²) in [6.45, 7) is 2.02. The molecule has 38 heavy (non-hydrogen) atoms. The molecule has 3 heterocycles. The Morgan fingerprint density at radius 3 is 2.21 bits per heavy atom. The average molecular weight is 542 g/mol. The minimum atomic E-state index is -5.10. The van der Waals surface area contributed by atoms with Gasteiger partial charge < -0.3 is 15.3 Å². The van der Waals surface area contributed by atoms with Crippen molar-refractivity contribution in [3.8, 4) is 5.82 Å². The molecule has 1 aliphatic rings. The number of pyridine rings is 1. The highest BCUT2D eigenvalue weighted by Gasteiger charge is 2.37. The number of hydrogen-bond acceptors (Lipinski definition) is 6. The first-order chi connectivity index (χ1) is 17.7. The molecule has 2 atom stereocenters. The van der Waals surface area contributed by atoms with E-state index in [0.717, 1.165) is 6.33 Å². The van der Waals surface area contributed by atoms with Crippen LogP contribution < -0.4 is 5.32 Å². The van der Waals surface area contributed by atoms with Crippen LogP contribution in [0.25, 0.3) is 5.82 Å². The second kappa shape index (κ2) is 10.0. The molecule has 1 saturated heterocycles. The van der Waals surface area contributed by atoms with Gasteiger partial charge in [0.15, 0.2) is 11.6 Å². The molecule has 3 aromatic rings. The van der Waals surface area contributed by atoms with Gasteiger partial charge in [-0.2, -0.15) is 36.1 Å². The van der Waals surface area contributed by atoms with Crippen molar-refractivity contribution in [2.45, 2.75) is 37.8 Å². The van der Waals surface area contributed by atoms with Gasteiger partial charge in [-0.25, -0.2) is 9.97 Å². The topological polar surface area (TPSA) is 113 Å². The highest BCUT2D eigenvalue weighted by molar-refractivity contribution is 5.95. The Hall–Kier alpha value is -4.01. The zero-order valence-corrected chi connectivity index (χ0v) is 19.6. The van der Waals surface area contributed by atoms with Gasteiger partial charge in [0, 0.05) is 24.8 Å². The van der Waals surface area contributed by atoms with Crippen LogP contribution in [0, 0.1) is 0 Å². The van der Waals surface area contributed by atoms with E-state index in [2.05, 4.69) is 20.4 Å². The van der Waals surface area contributed by atoms with Gasteiger partial charge >= 0.3 is 12.4 Å². The lowest BCUT2D eigenvalue weighted by molar-refractivity contribution is -0.143. The largest absolute Gasteiger partial charge is 0.416 e. The van der Waals surface area contributed by atoms with Crippen LogP contribution in [-0.4, -0.2) is 60.8 Å². The number of hydrogen-bond donors (Lipinski definition) is 2. The molecule has 1 aliphatic heterocycles. The van der Waals surface area contributed by atoms with E-state index < -0.39 is 47.1 Å². The van der Waals surface area contributed by atoms with Gasteiger partial charge in [-0.3, -0.25) is 9.59 Å². The van der Waals surface area contributed by atoms with Gasteiger partial charge in [0.1, 0.15) is 6.33 Å². The summed E-state index contributed by atoms with van der Waals surface area (Å²) in [4.78, 5) is 34.9. The van der Waals surface area contributed by atoms with Gasteiger partial charge in [0.2, 0.25) is 0 Å². The van der Waals surface area contributed by atoms with Gasteiger partial charge in [0.25, 0.3) is 11.8 Å². The van der Waals surface area contributed by atoms with Crippen molar-refractivity contribution in [2.24, 2.45) is 0 Å². The van der Waals surface area contributed by atoms with Crippen molar-refractivity contribution in [1.82, 2.24) is 30.0 Å². The molecule has 1 unspecified atom stereocenters. The highest BCUT2D eigenvalue weighted by atomic mass is 19.4. The molecule has 9 nitrogen and oxygen atoms in total. The molecule has 0 bridgehead atoms. The van der Waals surface area contributed by atoms with Crippen LogP contribution in [0.15, 0.2) is 42.9 Å². The lowest BCUT2D eigenvalue weighted by Crippen LogP contribution is -2.30. The number of likely N-dealkylation sites (tertiary alicyclic amines) is 1. The number of aliphatic hydroxyl groups excluding tert-OH is 1. The molecule has 2 amide bonds. The zero-order valence-electron chi connectivity index (χ0n) is 19.6. The quantitative estimate of drug-likeness (QED) is 0.478. The van der Waals surface area contributed by atoms with Gasteiger partial charge in [0.05, 0.1) is 28.8 Å². The number of amides is 2. The number of carbonyl (C=O) groups excluding carboxylic acids is 2. The summed E-state index contributed by atoms with van der Waals surface area (Å²) in [6.07, 6.45) is -7.90. The number of aromatic nitrogens is 4. The number of rotatable bonds is 5. The normalized spacial score (nSPS) is 16.9. The Balaban J connectivity index is 1.53. The Morgan fingerprint density at radius 2 is 1.68 bits per heavy atom. The summed E-state index contributed by atoms with van der Waals surface area (Å²) in [7, 11) is 0. The highest BCUT2D eigenvalue weighted by Crippen LogP contribution is 2.36. The van der Waals surface area contributed by atoms with E-state index in [0.29, 0.717) is 25.1 Å². The van der Waals surface area contributed by atoms with Crippen molar-refractivity contribution in [3.63, 3.8) is 0 Å². The first kappa shape index (κ1) is 27.0. The van der Waals surface area contributed by atoms with E-state index in [4.69, 9.17) is 0 Å². The molecule has 0 radical (unpaired) electrons. The summed E-state index contributed by atoms with van der Waals surface area (Å²) < 4.78 is 80.1. The van der Waals surface area contributed by atoms with Crippen molar-refractivity contribution >= 4 is 11.8 Å². The maximum Gasteiger partial charge on any atom is 0.416 e. The second-order valence-corrected chi connectivity index (χ2v) is 8.62. The molecule has 0 saturated carbocycles. The maximum atomic E-state index is 13.1. The molecule has 0 aliphatic carbocycles. The van der Waals surface area contributed by atoms with Gasteiger partial charge in [-0.1, -0.05) is 0 Å². The molecule has 15 heteroatoms. The lowest BCUT2D eigenvalue weighted by Gasteiger charge is -2.17. The Bertz CT molecular complexity index is 1310. The predicted molar refractivity (Wildman–Crippen MR) is 118 cm³/mol. The number of aliphatic hydroxyl groups is 1. The minimum Gasteiger partial charge on any atom is -0.391 e. The molecule has 1 aromatic carbocycles. The fraction of sp³-hybridized carbons (Fsp3) is 0.348. The minimum absolute atomic E-state index is 0.0667. The van der Waals surface area contributed by atoms with Crippen molar-refractivity contribution in [1.29, 1.82) is 0 Å². The van der Waals surface area contributed by atoms with E-state index >= 15 is 0 Å². The van der Waals surface area contributed by atoms with Gasteiger partial charge in [-0.05, 0) is 43.7 Å². The first-order valence-corrected chi connectivity index (χ1v) is 11.2. The molecule has 0 spiro atoms. The predicted octanol–water partition coefficient (Wildman–Crippen LogP) is 3.40. The number of nitrogens with zero attached hydrogens (tertiary/aromatic N) is 5. The molecule has 2 aromatic heterocycles. The molecule has 1 fully saturated rings. The van der Waals surface area contributed by atoms with Crippen LogP contribution in [0.1, 0.15) is 57.1 Å². The zero-order chi connectivity index (χ0) is 27.8. The summed E-state index contributed by atoms with van der Waals surface area (Å²) in [5, 5.41) is 16.0. The monoisotopic (exact) mass is 542 g/mol. The van der Waals surface area contributed by atoms with Crippen LogP contribution in [-0.2, 0) is 12.4 Å². The standard InChI is InChI=1S/C23H20F6N6O3/c1-12(33-20(37)14-6-15(22(24,25)26)8-16(7-14)23(27,28)29)19-31-11-32-35(19)18-3-2-13(9-30-18)21(38)34-5-4-17(36)10-34/h2-3,6-9,11-12,17,36H,4-5,10H2,1H3,(H,33,37)/t12-,17?/m0/s1. The number of benzene rings is 1. The average Bonchev–Trinajstić information content (AvgIpc) is 3.52. The number of alkyl halides is 6. The summed E-state index contributed by atoms with van der Waals surface area (Å²) in [5.41, 5.74) is -3.81. The van der Waals surface area contributed by atoms with E-state index in [1.807, 2.05) is 0 Å². The fourth-order valence-electron chi connectivity index (χ4n) is 3.90. The van der Waals surface area contributed by atoms with E-state index in [1.54, 1.807) is 0 Å². The van der Waals surface area contributed by atoms with Crippen LogP contribution in [0.2, 0.25) is 0 Å².